The molecule has 88 valence electrons. The molecule has 15 heavy (non-hydrogen) atoms. The smallest absolute Gasteiger partial charge is 0.0650 e. The van der Waals surface area contributed by atoms with E-state index in [4.69, 9.17) is 0 Å². The summed E-state index contributed by atoms with van der Waals surface area (Å²) in [6, 6.07) is 0. The summed E-state index contributed by atoms with van der Waals surface area (Å²) in [6.45, 7) is 10.4. The molecule has 0 bridgehead atoms. The van der Waals surface area contributed by atoms with E-state index in [1.54, 1.807) is 0 Å². The zero-order valence-corrected chi connectivity index (χ0v) is 10.5. The molecule has 0 spiro atoms. The minimum atomic E-state index is -0.489. The van der Waals surface area contributed by atoms with Crippen molar-refractivity contribution in [2.24, 2.45) is 17.8 Å². The van der Waals surface area contributed by atoms with Crippen LogP contribution in [-0.4, -0.2) is 10.7 Å². The van der Waals surface area contributed by atoms with Crippen molar-refractivity contribution in [3.8, 4) is 0 Å². The predicted octanol–water partition coefficient (Wildman–Crippen LogP) is 3.78. The van der Waals surface area contributed by atoms with E-state index >= 15 is 0 Å². The number of allylic oxidation sites excluding steroid dienone is 1. The maximum atomic E-state index is 10.5. The molecule has 1 rings (SSSR count). The first kappa shape index (κ1) is 12.8. The van der Waals surface area contributed by atoms with Crippen LogP contribution in [0, 0.1) is 17.8 Å². The van der Waals surface area contributed by atoms with Crippen molar-refractivity contribution in [2.75, 3.05) is 0 Å². The molecule has 0 aliphatic heterocycles. The molecule has 0 aromatic heterocycles. The summed E-state index contributed by atoms with van der Waals surface area (Å²) >= 11 is 0. The van der Waals surface area contributed by atoms with Crippen LogP contribution in [0.4, 0.5) is 0 Å². The zero-order valence-electron chi connectivity index (χ0n) is 10.5. The first-order valence-electron chi connectivity index (χ1n) is 6.29. The van der Waals surface area contributed by atoms with Crippen molar-refractivity contribution >= 4 is 0 Å². The first-order valence-corrected chi connectivity index (χ1v) is 6.29. The van der Waals surface area contributed by atoms with Gasteiger partial charge in [0.1, 0.15) is 0 Å². The van der Waals surface area contributed by atoms with Gasteiger partial charge in [-0.15, -0.1) is 6.58 Å². The molecule has 1 saturated carbocycles. The molecule has 1 nitrogen and oxygen atoms in total. The largest absolute Gasteiger partial charge is 0.390 e. The minimum absolute atomic E-state index is 0.483. The van der Waals surface area contributed by atoms with Crippen LogP contribution in [0.1, 0.15) is 52.9 Å². The fourth-order valence-corrected chi connectivity index (χ4v) is 3.05. The second kappa shape index (κ2) is 5.16. The van der Waals surface area contributed by atoms with Crippen LogP contribution < -0.4 is 0 Å². The van der Waals surface area contributed by atoms with E-state index < -0.39 is 5.60 Å². The molecule has 0 aromatic rings. The summed E-state index contributed by atoms with van der Waals surface area (Å²) in [4.78, 5) is 0. The summed E-state index contributed by atoms with van der Waals surface area (Å²) in [6.07, 6.45) is 7.40. The molecule has 1 fully saturated rings. The maximum absolute atomic E-state index is 10.5. The summed E-state index contributed by atoms with van der Waals surface area (Å²) < 4.78 is 0. The van der Waals surface area contributed by atoms with Gasteiger partial charge in [0.15, 0.2) is 0 Å². The molecule has 1 N–H and O–H groups in total. The van der Waals surface area contributed by atoms with Crippen LogP contribution in [0.5, 0.6) is 0 Å². The van der Waals surface area contributed by atoms with Crippen molar-refractivity contribution < 1.29 is 5.11 Å². The lowest BCUT2D eigenvalue weighted by molar-refractivity contribution is -0.0390. The first-order chi connectivity index (χ1) is 6.95. The van der Waals surface area contributed by atoms with Crippen LogP contribution >= 0.6 is 0 Å². The molecule has 3 atom stereocenters. The van der Waals surface area contributed by atoms with E-state index in [0.717, 1.165) is 24.7 Å². The van der Waals surface area contributed by atoms with Crippen LogP contribution in [0.3, 0.4) is 0 Å². The van der Waals surface area contributed by atoms with E-state index in [1.165, 1.54) is 19.3 Å². The van der Waals surface area contributed by atoms with Gasteiger partial charge in [-0.25, -0.2) is 0 Å². The highest BCUT2D eigenvalue weighted by Crippen LogP contribution is 2.40. The number of aliphatic hydroxyl groups is 1. The van der Waals surface area contributed by atoms with Gasteiger partial charge < -0.3 is 5.11 Å². The number of hydrogen-bond acceptors (Lipinski definition) is 1. The third-order valence-electron chi connectivity index (χ3n) is 3.91. The van der Waals surface area contributed by atoms with Crippen LogP contribution in [0.25, 0.3) is 0 Å². The van der Waals surface area contributed by atoms with Gasteiger partial charge in [-0.05, 0) is 56.8 Å². The van der Waals surface area contributed by atoms with Gasteiger partial charge in [0.05, 0.1) is 5.60 Å². The number of rotatable bonds is 4. The van der Waals surface area contributed by atoms with E-state index in [1.807, 2.05) is 13.0 Å². The lowest BCUT2D eigenvalue weighted by atomic mass is 9.69. The van der Waals surface area contributed by atoms with Crippen molar-refractivity contribution in [1.82, 2.24) is 0 Å². The van der Waals surface area contributed by atoms with Gasteiger partial charge in [0.25, 0.3) is 0 Å². The molecule has 0 amide bonds. The Labute approximate surface area is 94.6 Å². The molecular formula is C14H26O. The average Bonchev–Trinajstić information content (AvgIpc) is 2.13. The highest BCUT2D eigenvalue weighted by atomic mass is 16.3. The second-order valence-electron chi connectivity index (χ2n) is 5.80. The molecule has 3 unspecified atom stereocenters. The fraction of sp³-hybridized carbons (Fsp3) is 0.857. The lowest BCUT2D eigenvalue weighted by Crippen LogP contribution is -2.39. The van der Waals surface area contributed by atoms with Gasteiger partial charge >= 0.3 is 0 Å². The van der Waals surface area contributed by atoms with Gasteiger partial charge in [-0.2, -0.15) is 0 Å². The zero-order chi connectivity index (χ0) is 11.5. The van der Waals surface area contributed by atoms with Crippen molar-refractivity contribution in [2.45, 2.75) is 58.5 Å². The normalized spacial score (nSPS) is 35.9. The summed E-state index contributed by atoms with van der Waals surface area (Å²) in [7, 11) is 0. The Morgan fingerprint density at radius 1 is 1.27 bits per heavy atom. The van der Waals surface area contributed by atoms with E-state index in [9.17, 15) is 5.11 Å². The second-order valence-corrected chi connectivity index (χ2v) is 5.80. The van der Waals surface area contributed by atoms with Gasteiger partial charge in [-0.1, -0.05) is 19.9 Å². The topological polar surface area (TPSA) is 20.2 Å². The minimum Gasteiger partial charge on any atom is -0.390 e. The van der Waals surface area contributed by atoms with Gasteiger partial charge in [0.2, 0.25) is 0 Å². The molecule has 1 aliphatic carbocycles. The molecule has 0 radical (unpaired) electrons. The van der Waals surface area contributed by atoms with Gasteiger partial charge in [0, 0.05) is 0 Å². The van der Waals surface area contributed by atoms with Crippen LogP contribution in [-0.2, 0) is 0 Å². The quantitative estimate of drug-likeness (QED) is 0.700. The van der Waals surface area contributed by atoms with Crippen molar-refractivity contribution in [1.29, 1.82) is 0 Å². The predicted molar refractivity (Wildman–Crippen MR) is 65.7 cm³/mol. The SMILES string of the molecule is C=CCCC(C)(O)C1CC(C)CC(C)C1. The Bertz CT molecular complexity index is 197. The van der Waals surface area contributed by atoms with Crippen LogP contribution in [0.2, 0.25) is 0 Å². The lowest BCUT2D eigenvalue weighted by Gasteiger charge is -2.40. The third kappa shape index (κ3) is 3.64. The van der Waals surface area contributed by atoms with Crippen LogP contribution in [0.15, 0.2) is 12.7 Å². The fourth-order valence-electron chi connectivity index (χ4n) is 3.05. The molecule has 0 saturated heterocycles. The highest BCUT2D eigenvalue weighted by molar-refractivity contribution is 4.89. The Hall–Kier alpha value is -0.300. The monoisotopic (exact) mass is 210 g/mol. The van der Waals surface area contributed by atoms with Crippen molar-refractivity contribution in [3.05, 3.63) is 12.7 Å². The van der Waals surface area contributed by atoms with E-state index in [-0.39, 0.29) is 0 Å². The summed E-state index contributed by atoms with van der Waals surface area (Å²) in [5.41, 5.74) is -0.489. The summed E-state index contributed by atoms with van der Waals surface area (Å²) in [5.74, 6) is 2.03. The average molecular weight is 210 g/mol. The third-order valence-corrected chi connectivity index (χ3v) is 3.91. The molecular weight excluding hydrogens is 184 g/mol. The molecule has 0 aromatic carbocycles. The molecule has 1 aliphatic rings. The summed E-state index contributed by atoms with van der Waals surface area (Å²) in [5, 5.41) is 10.5. The molecule has 0 heterocycles. The number of hydrogen-bond donors (Lipinski definition) is 1. The Morgan fingerprint density at radius 3 is 2.27 bits per heavy atom. The Morgan fingerprint density at radius 2 is 1.80 bits per heavy atom. The van der Waals surface area contributed by atoms with E-state index in [0.29, 0.717) is 5.92 Å². The standard InChI is InChI=1S/C14H26O/c1-5-6-7-14(4,15)13-9-11(2)8-12(3)10-13/h5,11-13,15H,1,6-10H2,2-4H3. The highest BCUT2D eigenvalue weighted by Gasteiger charge is 2.36. The van der Waals surface area contributed by atoms with E-state index in [2.05, 4.69) is 20.4 Å². The maximum Gasteiger partial charge on any atom is 0.0650 e. The van der Waals surface area contributed by atoms with Crippen molar-refractivity contribution in [3.63, 3.8) is 0 Å². The molecule has 1 heteroatoms. The Balaban J connectivity index is 2.56. The Kier molecular flexibility index (Phi) is 4.39. The van der Waals surface area contributed by atoms with Gasteiger partial charge in [-0.3, -0.25) is 0 Å².